The van der Waals surface area contributed by atoms with Crippen molar-refractivity contribution in [2.75, 3.05) is 11.9 Å². The highest BCUT2D eigenvalue weighted by atomic mass is 35.5. The number of nitrogens with zero attached hydrogens (tertiary/aromatic N) is 1. The van der Waals surface area contributed by atoms with Crippen LogP contribution in [0.5, 0.6) is 0 Å². The molecule has 0 aliphatic rings. The molecule has 0 spiro atoms. The number of aryl methyl sites for hydroxylation is 2. The van der Waals surface area contributed by atoms with Crippen molar-refractivity contribution in [1.29, 1.82) is 0 Å². The summed E-state index contributed by atoms with van der Waals surface area (Å²) < 4.78 is 0. The molecule has 2 rings (SSSR count). The molecule has 0 heterocycles. The van der Waals surface area contributed by atoms with Gasteiger partial charge in [0.2, 0.25) is 11.8 Å². The second-order valence-electron chi connectivity index (χ2n) is 5.88. The van der Waals surface area contributed by atoms with Crippen LogP contribution in [-0.2, 0) is 16.1 Å². The minimum Gasteiger partial charge on any atom is -0.329 e. The van der Waals surface area contributed by atoms with E-state index in [1.54, 1.807) is 12.1 Å². The Balaban J connectivity index is 2.02. The molecule has 24 heavy (non-hydrogen) atoms. The summed E-state index contributed by atoms with van der Waals surface area (Å²) in [7, 11) is 0. The molecule has 126 valence electrons. The van der Waals surface area contributed by atoms with E-state index in [1.807, 2.05) is 44.2 Å². The summed E-state index contributed by atoms with van der Waals surface area (Å²) >= 11 is 6.06. The fourth-order valence-corrected chi connectivity index (χ4v) is 2.53. The predicted octanol–water partition coefficient (Wildman–Crippen LogP) is 3.94. The van der Waals surface area contributed by atoms with Gasteiger partial charge in [-0.3, -0.25) is 9.59 Å². The maximum absolute atomic E-state index is 12.2. The third kappa shape index (κ3) is 5.10. The Bertz CT molecular complexity index is 759. The maximum Gasteiger partial charge on any atom is 0.244 e. The van der Waals surface area contributed by atoms with Gasteiger partial charge in [-0.15, -0.1) is 0 Å². The van der Waals surface area contributed by atoms with Crippen LogP contribution in [0.25, 0.3) is 0 Å². The molecule has 0 aromatic heterocycles. The van der Waals surface area contributed by atoms with Crippen LogP contribution >= 0.6 is 11.6 Å². The minimum absolute atomic E-state index is 0.00519. The van der Waals surface area contributed by atoms with Crippen LogP contribution in [0, 0.1) is 13.8 Å². The zero-order valence-corrected chi connectivity index (χ0v) is 14.9. The largest absolute Gasteiger partial charge is 0.329 e. The summed E-state index contributed by atoms with van der Waals surface area (Å²) in [5.41, 5.74) is 3.68. The zero-order chi connectivity index (χ0) is 17.7. The van der Waals surface area contributed by atoms with E-state index in [0.717, 1.165) is 16.7 Å². The van der Waals surface area contributed by atoms with Crippen LogP contribution in [0.3, 0.4) is 0 Å². The number of halogens is 1. The summed E-state index contributed by atoms with van der Waals surface area (Å²) in [4.78, 5) is 25.6. The average molecular weight is 345 g/mol. The lowest BCUT2D eigenvalue weighted by molar-refractivity contribution is -0.133. The molecule has 0 radical (unpaired) electrons. The normalized spacial score (nSPS) is 10.3. The topological polar surface area (TPSA) is 49.4 Å². The molecule has 0 saturated carbocycles. The van der Waals surface area contributed by atoms with Crippen molar-refractivity contribution < 1.29 is 9.59 Å². The lowest BCUT2D eigenvalue weighted by Gasteiger charge is -2.21. The third-order valence-electron chi connectivity index (χ3n) is 3.69. The summed E-state index contributed by atoms with van der Waals surface area (Å²) in [5, 5.41) is 3.37. The fourth-order valence-electron chi connectivity index (χ4n) is 2.35. The smallest absolute Gasteiger partial charge is 0.244 e. The number of carbonyl (C=O) groups is 2. The Kier molecular flexibility index (Phi) is 5.99. The molecule has 0 aliphatic carbocycles. The van der Waals surface area contributed by atoms with Crippen LogP contribution in [0.1, 0.15) is 23.6 Å². The van der Waals surface area contributed by atoms with E-state index in [9.17, 15) is 9.59 Å². The number of hydrogen-bond acceptors (Lipinski definition) is 2. The number of rotatable bonds is 5. The van der Waals surface area contributed by atoms with E-state index in [-0.39, 0.29) is 18.4 Å². The Morgan fingerprint density at radius 2 is 1.88 bits per heavy atom. The third-order valence-corrected chi connectivity index (χ3v) is 4.10. The summed E-state index contributed by atoms with van der Waals surface area (Å²) in [6.45, 7) is 5.75. The average Bonchev–Trinajstić information content (AvgIpc) is 2.50. The van der Waals surface area contributed by atoms with Gasteiger partial charge in [-0.25, -0.2) is 0 Å². The molecule has 2 aromatic rings. The Labute approximate surface area is 147 Å². The van der Waals surface area contributed by atoms with Gasteiger partial charge in [-0.05, 0) is 37.1 Å². The van der Waals surface area contributed by atoms with Gasteiger partial charge in [-0.1, -0.05) is 47.5 Å². The van der Waals surface area contributed by atoms with E-state index in [2.05, 4.69) is 5.32 Å². The number of carbonyl (C=O) groups excluding carboxylic acids is 2. The van der Waals surface area contributed by atoms with Crippen molar-refractivity contribution in [2.24, 2.45) is 0 Å². The SMILES string of the molecule is CC(=O)N(CC(=O)Nc1ccc(C)c(Cl)c1)Cc1cccc(C)c1. The molecule has 2 amide bonds. The van der Waals surface area contributed by atoms with E-state index >= 15 is 0 Å². The molecular weight excluding hydrogens is 324 g/mol. The van der Waals surface area contributed by atoms with Crippen molar-refractivity contribution in [3.05, 3.63) is 64.2 Å². The number of benzene rings is 2. The lowest BCUT2D eigenvalue weighted by atomic mass is 10.1. The Hall–Kier alpha value is -2.33. The first-order chi connectivity index (χ1) is 11.3. The molecule has 4 nitrogen and oxygen atoms in total. The Morgan fingerprint density at radius 1 is 1.12 bits per heavy atom. The molecule has 0 bridgehead atoms. The second kappa shape index (κ2) is 7.97. The van der Waals surface area contributed by atoms with Crippen LogP contribution in [-0.4, -0.2) is 23.3 Å². The summed E-state index contributed by atoms with van der Waals surface area (Å²) in [6, 6.07) is 13.2. The first-order valence-electron chi connectivity index (χ1n) is 7.72. The molecule has 0 fully saturated rings. The predicted molar refractivity (Wildman–Crippen MR) is 97.1 cm³/mol. The van der Waals surface area contributed by atoms with Crippen molar-refractivity contribution in [1.82, 2.24) is 4.90 Å². The van der Waals surface area contributed by atoms with Gasteiger partial charge in [0.15, 0.2) is 0 Å². The van der Waals surface area contributed by atoms with Gasteiger partial charge >= 0.3 is 0 Å². The van der Waals surface area contributed by atoms with E-state index in [4.69, 9.17) is 11.6 Å². The number of amides is 2. The lowest BCUT2D eigenvalue weighted by Crippen LogP contribution is -2.36. The highest BCUT2D eigenvalue weighted by Gasteiger charge is 2.14. The molecule has 5 heteroatoms. The van der Waals surface area contributed by atoms with E-state index in [0.29, 0.717) is 17.3 Å². The van der Waals surface area contributed by atoms with E-state index in [1.165, 1.54) is 11.8 Å². The van der Waals surface area contributed by atoms with Gasteiger partial charge in [0.25, 0.3) is 0 Å². The quantitative estimate of drug-likeness (QED) is 0.893. The molecule has 2 aromatic carbocycles. The van der Waals surface area contributed by atoms with Gasteiger partial charge in [0.1, 0.15) is 6.54 Å². The van der Waals surface area contributed by atoms with Crippen molar-refractivity contribution in [2.45, 2.75) is 27.3 Å². The highest BCUT2D eigenvalue weighted by molar-refractivity contribution is 6.31. The molecular formula is C19H21ClN2O2. The molecule has 0 saturated heterocycles. The van der Waals surface area contributed by atoms with Crippen molar-refractivity contribution in [3.63, 3.8) is 0 Å². The van der Waals surface area contributed by atoms with Gasteiger partial charge in [0.05, 0.1) is 0 Å². The molecule has 1 N–H and O–H groups in total. The van der Waals surface area contributed by atoms with Crippen LogP contribution in [0.15, 0.2) is 42.5 Å². The maximum atomic E-state index is 12.2. The highest BCUT2D eigenvalue weighted by Crippen LogP contribution is 2.20. The first-order valence-corrected chi connectivity index (χ1v) is 8.10. The standard InChI is InChI=1S/C19H21ClN2O2/c1-13-5-4-6-16(9-13)11-22(15(3)23)12-19(24)21-17-8-7-14(2)18(20)10-17/h4-10H,11-12H2,1-3H3,(H,21,24). The first kappa shape index (κ1) is 18.0. The monoisotopic (exact) mass is 344 g/mol. The summed E-state index contributed by atoms with van der Waals surface area (Å²) in [5.74, 6) is -0.397. The van der Waals surface area contributed by atoms with Gasteiger partial charge in [0, 0.05) is 24.2 Å². The van der Waals surface area contributed by atoms with Gasteiger partial charge < -0.3 is 10.2 Å². The number of anilines is 1. The van der Waals surface area contributed by atoms with Crippen LogP contribution in [0.4, 0.5) is 5.69 Å². The van der Waals surface area contributed by atoms with Crippen molar-refractivity contribution >= 4 is 29.1 Å². The van der Waals surface area contributed by atoms with Crippen LogP contribution in [0.2, 0.25) is 5.02 Å². The fraction of sp³-hybridized carbons (Fsp3) is 0.263. The molecule has 0 aliphatic heterocycles. The Morgan fingerprint density at radius 3 is 2.50 bits per heavy atom. The molecule has 0 unspecified atom stereocenters. The number of hydrogen-bond donors (Lipinski definition) is 1. The van der Waals surface area contributed by atoms with Crippen LogP contribution < -0.4 is 5.32 Å². The van der Waals surface area contributed by atoms with E-state index < -0.39 is 0 Å². The second-order valence-corrected chi connectivity index (χ2v) is 6.28. The van der Waals surface area contributed by atoms with Gasteiger partial charge in [-0.2, -0.15) is 0 Å². The molecule has 0 atom stereocenters. The van der Waals surface area contributed by atoms with Crippen molar-refractivity contribution in [3.8, 4) is 0 Å². The summed E-state index contributed by atoms with van der Waals surface area (Å²) in [6.07, 6.45) is 0. The zero-order valence-electron chi connectivity index (χ0n) is 14.1. The minimum atomic E-state index is -0.252. The number of nitrogens with one attached hydrogen (secondary N) is 1.